The number of aromatic nitrogens is 3. The summed E-state index contributed by atoms with van der Waals surface area (Å²) in [4.78, 5) is 21.2. The van der Waals surface area contributed by atoms with Gasteiger partial charge >= 0.3 is 0 Å². The highest BCUT2D eigenvalue weighted by molar-refractivity contribution is 6.33. The molecule has 37 heavy (non-hydrogen) atoms. The van der Waals surface area contributed by atoms with Gasteiger partial charge in [-0.1, -0.05) is 36.4 Å². The number of carbonyl (C=O) groups is 1. The van der Waals surface area contributed by atoms with Crippen LogP contribution in [0.5, 0.6) is 11.5 Å². The van der Waals surface area contributed by atoms with Gasteiger partial charge in [0, 0.05) is 35.8 Å². The maximum atomic E-state index is 12.1. The van der Waals surface area contributed by atoms with Crippen LogP contribution >= 0.6 is 11.6 Å². The van der Waals surface area contributed by atoms with Crippen LogP contribution in [0.3, 0.4) is 0 Å². The van der Waals surface area contributed by atoms with Gasteiger partial charge in [-0.2, -0.15) is 0 Å². The lowest BCUT2D eigenvalue weighted by Gasteiger charge is -2.18. The van der Waals surface area contributed by atoms with Crippen molar-refractivity contribution in [3.8, 4) is 22.8 Å². The molecule has 1 amide bonds. The van der Waals surface area contributed by atoms with Crippen LogP contribution in [0.1, 0.15) is 12.8 Å². The standard InChI is InChI=1S/C27H27ClN6O3/c1-4-24(35)31-20-11-19(22(36-3)12-23(20)37-15-27(29)9-10-27)32-26-30-13-18(28)25(33-26)17-14-34(2)21-8-6-5-7-16(17)21/h4-8,11-14H,1,9-10,15,29H2,2-3H3,(H,31,35)(H,30,32,33). The average Bonchev–Trinajstić information content (AvgIpc) is 3.55. The molecule has 10 heteroatoms. The lowest BCUT2D eigenvalue weighted by molar-refractivity contribution is -0.111. The number of hydrogen-bond donors (Lipinski definition) is 3. The molecule has 1 aliphatic carbocycles. The number of benzene rings is 2. The minimum atomic E-state index is -0.379. The normalized spacial score (nSPS) is 13.7. The molecule has 190 valence electrons. The number of nitrogens with zero attached hydrogens (tertiary/aromatic N) is 3. The van der Waals surface area contributed by atoms with E-state index in [1.165, 1.54) is 6.08 Å². The first-order valence-corrected chi connectivity index (χ1v) is 12.1. The summed E-state index contributed by atoms with van der Waals surface area (Å²) in [5, 5.41) is 7.42. The topological polar surface area (TPSA) is 116 Å². The first kappa shape index (κ1) is 24.6. The van der Waals surface area contributed by atoms with Crippen molar-refractivity contribution in [3.05, 3.63) is 66.5 Å². The molecule has 0 saturated heterocycles. The van der Waals surface area contributed by atoms with Gasteiger partial charge in [0.25, 0.3) is 0 Å². The Morgan fingerprint density at radius 1 is 1.27 bits per heavy atom. The Kier molecular flexibility index (Phi) is 6.49. The second-order valence-electron chi connectivity index (χ2n) is 9.08. The number of anilines is 3. The molecule has 1 saturated carbocycles. The van der Waals surface area contributed by atoms with E-state index in [1.54, 1.807) is 25.4 Å². The molecule has 1 fully saturated rings. The third-order valence-corrected chi connectivity index (χ3v) is 6.57. The van der Waals surface area contributed by atoms with Crippen molar-refractivity contribution < 1.29 is 14.3 Å². The molecule has 0 bridgehead atoms. The van der Waals surface area contributed by atoms with Crippen LogP contribution in [0, 0.1) is 0 Å². The molecule has 0 unspecified atom stereocenters. The fourth-order valence-electron chi connectivity index (χ4n) is 4.02. The van der Waals surface area contributed by atoms with Crippen LogP contribution in [0.15, 0.2) is 61.4 Å². The number of ether oxygens (including phenoxy) is 2. The van der Waals surface area contributed by atoms with E-state index in [0.29, 0.717) is 46.1 Å². The van der Waals surface area contributed by atoms with E-state index >= 15 is 0 Å². The van der Waals surface area contributed by atoms with Crippen molar-refractivity contribution in [2.24, 2.45) is 12.8 Å². The van der Waals surface area contributed by atoms with Crippen LogP contribution in [-0.4, -0.2) is 39.7 Å². The summed E-state index contributed by atoms with van der Waals surface area (Å²) in [6.07, 6.45) is 6.51. The SMILES string of the molecule is C=CC(=O)Nc1cc(Nc2ncc(Cl)c(-c3cn(C)c4ccccc34)n2)c(OC)cc1OCC1(N)CC1. The van der Waals surface area contributed by atoms with Gasteiger partial charge in [0.2, 0.25) is 11.9 Å². The highest BCUT2D eigenvalue weighted by Gasteiger charge is 2.39. The fraction of sp³-hybridized carbons (Fsp3) is 0.222. The summed E-state index contributed by atoms with van der Waals surface area (Å²) >= 11 is 6.53. The predicted molar refractivity (Wildman–Crippen MR) is 146 cm³/mol. The van der Waals surface area contributed by atoms with Crippen LogP contribution in [0.25, 0.3) is 22.2 Å². The number of carbonyl (C=O) groups excluding carboxylic acids is 1. The predicted octanol–water partition coefficient (Wildman–Crippen LogP) is 5.04. The number of aryl methyl sites for hydroxylation is 1. The van der Waals surface area contributed by atoms with Gasteiger partial charge in [-0.3, -0.25) is 4.79 Å². The van der Waals surface area contributed by atoms with Gasteiger partial charge in [0.15, 0.2) is 0 Å². The van der Waals surface area contributed by atoms with Crippen LogP contribution in [-0.2, 0) is 11.8 Å². The maximum Gasteiger partial charge on any atom is 0.247 e. The van der Waals surface area contributed by atoms with Crippen LogP contribution < -0.4 is 25.8 Å². The Morgan fingerprint density at radius 3 is 2.78 bits per heavy atom. The molecule has 1 aliphatic rings. The smallest absolute Gasteiger partial charge is 0.247 e. The number of nitrogens with two attached hydrogens (primary N) is 1. The monoisotopic (exact) mass is 518 g/mol. The first-order chi connectivity index (χ1) is 17.8. The second kappa shape index (κ2) is 9.76. The lowest BCUT2D eigenvalue weighted by atomic mass is 10.1. The van der Waals surface area contributed by atoms with Crippen molar-refractivity contribution in [3.63, 3.8) is 0 Å². The number of methoxy groups -OCH3 is 1. The second-order valence-corrected chi connectivity index (χ2v) is 9.49. The molecular weight excluding hydrogens is 492 g/mol. The van der Waals surface area contributed by atoms with E-state index in [4.69, 9.17) is 31.8 Å². The molecule has 0 atom stereocenters. The highest BCUT2D eigenvalue weighted by Crippen LogP contribution is 2.40. The summed E-state index contributed by atoms with van der Waals surface area (Å²) in [5.41, 5.74) is 9.34. The Morgan fingerprint density at radius 2 is 2.05 bits per heavy atom. The summed E-state index contributed by atoms with van der Waals surface area (Å²) in [6.45, 7) is 3.86. The minimum absolute atomic E-state index is 0.305. The van der Waals surface area contributed by atoms with Gasteiger partial charge in [0.1, 0.15) is 18.1 Å². The summed E-state index contributed by atoms with van der Waals surface area (Å²) in [7, 11) is 3.52. The number of para-hydroxylation sites is 1. The zero-order valence-electron chi connectivity index (χ0n) is 20.5. The third-order valence-electron chi connectivity index (χ3n) is 6.29. The number of rotatable bonds is 9. The van der Waals surface area contributed by atoms with E-state index in [1.807, 2.05) is 42.1 Å². The molecule has 4 aromatic rings. The lowest BCUT2D eigenvalue weighted by Crippen LogP contribution is -2.30. The van der Waals surface area contributed by atoms with Crippen molar-refractivity contribution in [1.82, 2.24) is 14.5 Å². The van der Waals surface area contributed by atoms with Gasteiger partial charge in [-0.05, 0) is 31.1 Å². The minimum Gasteiger partial charge on any atom is -0.494 e. The molecule has 0 radical (unpaired) electrons. The number of nitrogens with one attached hydrogen (secondary N) is 2. The van der Waals surface area contributed by atoms with Gasteiger partial charge < -0.3 is 30.4 Å². The van der Waals surface area contributed by atoms with E-state index in [2.05, 4.69) is 22.2 Å². The largest absolute Gasteiger partial charge is 0.494 e. The van der Waals surface area contributed by atoms with E-state index in [0.717, 1.165) is 29.3 Å². The molecule has 4 N–H and O–H groups in total. The third kappa shape index (κ3) is 5.09. The number of amides is 1. The maximum absolute atomic E-state index is 12.1. The quantitative estimate of drug-likeness (QED) is 0.266. The molecule has 2 heterocycles. The average molecular weight is 519 g/mol. The summed E-state index contributed by atoms with van der Waals surface area (Å²) < 4.78 is 13.6. The number of fused-ring (bicyclic) bond motifs is 1. The van der Waals surface area contributed by atoms with Crippen molar-refractivity contribution in [1.29, 1.82) is 0 Å². The molecule has 5 rings (SSSR count). The Hall–Kier alpha value is -4.08. The van der Waals surface area contributed by atoms with E-state index in [9.17, 15) is 4.79 Å². The summed E-state index contributed by atoms with van der Waals surface area (Å²) in [6, 6.07) is 11.4. The van der Waals surface area contributed by atoms with E-state index < -0.39 is 0 Å². The molecule has 0 spiro atoms. The Balaban J connectivity index is 1.51. The fourth-order valence-corrected chi connectivity index (χ4v) is 4.21. The molecule has 0 aliphatic heterocycles. The van der Waals surface area contributed by atoms with E-state index in [-0.39, 0.29) is 11.4 Å². The Labute approximate surface area is 219 Å². The van der Waals surface area contributed by atoms with Crippen molar-refractivity contribution in [2.75, 3.05) is 24.4 Å². The number of halogens is 1. The highest BCUT2D eigenvalue weighted by atomic mass is 35.5. The van der Waals surface area contributed by atoms with Crippen LogP contribution in [0.2, 0.25) is 5.02 Å². The van der Waals surface area contributed by atoms with Crippen LogP contribution in [0.4, 0.5) is 17.3 Å². The van der Waals surface area contributed by atoms with Gasteiger partial charge in [-0.15, -0.1) is 0 Å². The number of hydrogen-bond acceptors (Lipinski definition) is 7. The van der Waals surface area contributed by atoms with Gasteiger partial charge in [-0.25, -0.2) is 9.97 Å². The molecule has 9 nitrogen and oxygen atoms in total. The molecule has 2 aromatic carbocycles. The molecular formula is C27H27ClN6O3. The first-order valence-electron chi connectivity index (χ1n) is 11.7. The zero-order valence-corrected chi connectivity index (χ0v) is 21.3. The van der Waals surface area contributed by atoms with Crippen molar-refractivity contribution in [2.45, 2.75) is 18.4 Å². The molecule has 2 aromatic heterocycles. The van der Waals surface area contributed by atoms with Gasteiger partial charge in [0.05, 0.1) is 40.9 Å². The zero-order chi connectivity index (χ0) is 26.2. The summed E-state index contributed by atoms with van der Waals surface area (Å²) in [5.74, 6) is 0.830. The Bertz CT molecular complexity index is 1510. The van der Waals surface area contributed by atoms with Crippen molar-refractivity contribution >= 4 is 45.7 Å².